The highest BCUT2D eigenvalue weighted by Crippen LogP contribution is 2.20. The standard InChI is InChI=1S/C25H33NO3/c27-25(28)23(18-21-7-2-1-3-8-21)19-22-9-11-24(12-10-22)29-17-5-4-6-20-13-15-26-16-14-20/h1-3,7-12,20,23,26H,4-6,13-19H2,(H,27,28). The average Bonchev–Trinajstić information content (AvgIpc) is 2.75. The summed E-state index contributed by atoms with van der Waals surface area (Å²) < 4.78 is 5.87. The molecule has 0 saturated carbocycles. The van der Waals surface area contributed by atoms with Gasteiger partial charge in [-0.05, 0) is 80.8 Å². The molecule has 2 N–H and O–H groups in total. The lowest BCUT2D eigenvalue weighted by Gasteiger charge is -2.22. The molecule has 29 heavy (non-hydrogen) atoms. The van der Waals surface area contributed by atoms with E-state index in [1.807, 2.05) is 54.6 Å². The topological polar surface area (TPSA) is 58.6 Å². The number of carboxylic acid groups (broad SMARTS) is 1. The van der Waals surface area contributed by atoms with Crippen molar-refractivity contribution in [1.29, 1.82) is 0 Å². The van der Waals surface area contributed by atoms with E-state index in [-0.39, 0.29) is 0 Å². The molecule has 1 unspecified atom stereocenters. The third kappa shape index (κ3) is 7.54. The molecule has 156 valence electrons. The lowest BCUT2D eigenvalue weighted by Crippen LogP contribution is -2.27. The first-order valence-corrected chi connectivity index (χ1v) is 10.9. The molecule has 1 atom stereocenters. The Hall–Kier alpha value is -2.33. The zero-order valence-electron chi connectivity index (χ0n) is 17.2. The predicted molar refractivity (Wildman–Crippen MR) is 116 cm³/mol. The highest BCUT2D eigenvalue weighted by atomic mass is 16.5. The van der Waals surface area contributed by atoms with Crippen molar-refractivity contribution in [2.75, 3.05) is 19.7 Å². The van der Waals surface area contributed by atoms with Gasteiger partial charge in [-0.1, -0.05) is 48.9 Å². The number of ether oxygens (including phenoxy) is 1. The highest BCUT2D eigenvalue weighted by molar-refractivity contribution is 5.70. The first kappa shape index (κ1) is 21.4. The number of nitrogens with one attached hydrogen (secondary N) is 1. The molecule has 0 aliphatic carbocycles. The molecule has 1 saturated heterocycles. The summed E-state index contributed by atoms with van der Waals surface area (Å²) in [5, 5.41) is 13.0. The van der Waals surface area contributed by atoms with E-state index in [4.69, 9.17) is 4.74 Å². The van der Waals surface area contributed by atoms with Crippen molar-refractivity contribution < 1.29 is 14.6 Å². The predicted octanol–water partition coefficient (Wildman–Crippen LogP) is 4.72. The van der Waals surface area contributed by atoms with Crippen LogP contribution in [0.25, 0.3) is 0 Å². The second-order valence-electron chi connectivity index (χ2n) is 8.11. The quantitative estimate of drug-likeness (QED) is 0.541. The fraction of sp³-hybridized carbons (Fsp3) is 0.480. The fourth-order valence-corrected chi connectivity index (χ4v) is 4.05. The van der Waals surface area contributed by atoms with Crippen LogP contribution in [0.1, 0.15) is 43.2 Å². The Morgan fingerprint density at radius 2 is 1.62 bits per heavy atom. The molecule has 1 heterocycles. The third-order valence-corrected chi connectivity index (χ3v) is 5.81. The molecule has 4 nitrogen and oxygen atoms in total. The fourth-order valence-electron chi connectivity index (χ4n) is 4.05. The van der Waals surface area contributed by atoms with Gasteiger partial charge >= 0.3 is 5.97 Å². The molecule has 0 spiro atoms. The van der Waals surface area contributed by atoms with E-state index in [2.05, 4.69) is 5.32 Å². The number of unbranched alkanes of at least 4 members (excludes halogenated alkanes) is 1. The summed E-state index contributed by atoms with van der Waals surface area (Å²) in [6.45, 7) is 3.08. The number of carboxylic acids is 1. The number of hydrogen-bond acceptors (Lipinski definition) is 3. The van der Waals surface area contributed by atoms with Crippen molar-refractivity contribution in [2.24, 2.45) is 11.8 Å². The molecular weight excluding hydrogens is 362 g/mol. The first-order valence-electron chi connectivity index (χ1n) is 10.9. The summed E-state index contributed by atoms with van der Waals surface area (Å²) in [6.07, 6.45) is 7.31. The van der Waals surface area contributed by atoms with Crippen LogP contribution in [0.4, 0.5) is 0 Å². The van der Waals surface area contributed by atoms with Crippen LogP contribution in [-0.2, 0) is 17.6 Å². The van der Waals surface area contributed by atoms with Crippen LogP contribution in [0, 0.1) is 11.8 Å². The van der Waals surface area contributed by atoms with E-state index in [9.17, 15) is 9.90 Å². The molecule has 0 bridgehead atoms. The van der Waals surface area contributed by atoms with Crippen LogP contribution < -0.4 is 10.1 Å². The summed E-state index contributed by atoms with van der Waals surface area (Å²) >= 11 is 0. The van der Waals surface area contributed by atoms with Gasteiger partial charge in [0.05, 0.1) is 12.5 Å². The molecular formula is C25H33NO3. The monoisotopic (exact) mass is 395 g/mol. The number of rotatable bonds is 11. The minimum absolute atomic E-state index is 0.417. The second kappa shape index (κ2) is 11.6. The van der Waals surface area contributed by atoms with Gasteiger partial charge in [-0.25, -0.2) is 0 Å². The van der Waals surface area contributed by atoms with E-state index in [0.29, 0.717) is 12.8 Å². The molecule has 4 heteroatoms. The van der Waals surface area contributed by atoms with Crippen molar-refractivity contribution in [3.63, 3.8) is 0 Å². The summed E-state index contributed by atoms with van der Waals surface area (Å²) in [5.41, 5.74) is 2.09. The summed E-state index contributed by atoms with van der Waals surface area (Å²) in [6, 6.07) is 17.7. The Kier molecular flexibility index (Phi) is 8.57. The SMILES string of the molecule is O=C(O)C(Cc1ccccc1)Cc1ccc(OCCCCC2CCNCC2)cc1. The largest absolute Gasteiger partial charge is 0.494 e. The Morgan fingerprint density at radius 1 is 0.966 bits per heavy atom. The van der Waals surface area contributed by atoms with E-state index < -0.39 is 11.9 Å². The van der Waals surface area contributed by atoms with Gasteiger partial charge in [0.1, 0.15) is 5.75 Å². The average molecular weight is 396 g/mol. The molecule has 2 aromatic rings. The van der Waals surface area contributed by atoms with Crippen molar-refractivity contribution in [3.05, 3.63) is 65.7 Å². The number of carbonyl (C=O) groups is 1. The van der Waals surface area contributed by atoms with Gasteiger partial charge in [0.15, 0.2) is 0 Å². The van der Waals surface area contributed by atoms with Gasteiger partial charge in [0, 0.05) is 0 Å². The van der Waals surface area contributed by atoms with Crippen LogP contribution in [0.2, 0.25) is 0 Å². The highest BCUT2D eigenvalue weighted by Gasteiger charge is 2.18. The van der Waals surface area contributed by atoms with E-state index in [0.717, 1.165) is 35.8 Å². The molecule has 2 aromatic carbocycles. The smallest absolute Gasteiger partial charge is 0.307 e. The number of aliphatic carboxylic acids is 1. The zero-order chi connectivity index (χ0) is 20.3. The molecule has 0 aromatic heterocycles. The van der Waals surface area contributed by atoms with E-state index in [1.54, 1.807) is 0 Å². The van der Waals surface area contributed by atoms with Gasteiger partial charge in [0.2, 0.25) is 0 Å². The van der Waals surface area contributed by atoms with Crippen molar-refractivity contribution >= 4 is 5.97 Å². The first-order chi connectivity index (χ1) is 14.2. The Morgan fingerprint density at radius 3 is 2.28 bits per heavy atom. The molecule has 0 amide bonds. The Labute approximate surface area is 174 Å². The van der Waals surface area contributed by atoms with Gasteiger partial charge in [-0.3, -0.25) is 4.79 Å². The summed E-state index contributed by atoms with van der Waals surface area (Å²) in [4.78, 5) is 11.7. The minimum Gasteiger partial charge on any atom is -0.494 e. The molecule has 1 aliphatic heterocycles. The van der Waals surface area contributed by atoms with Crippen molar-refractivity contribution in [3.8, 4) is 5.75 Å². The van der Waals surface area contributed by atoms with Gasteiger partial charge < -0.3 is 15.2 Å². The lowest BCUT2D eigenvalue weighted by atomic mass is 9.92. The van der Waals surface area contributed by atoms with Crippen LogP contribution >= 0.6 is 0 Å². The van der Waals surface area contributed by atoms with Crippen LogP contribution in [0.3, 0.4) is 0 Å². The summed E-state index contributed by atoms with van der Waals surface area (Å²) in [7, 11) is 0. The zero-order valence-corrected chi connectivity index (χ0v) is 17.2. The number of benzene rings is 2. The number of piperidine rings is 1. The summed E-state index contributed by atoms with van der Waals surface area (Å²) in [5.74, 6) is 0.584. The Balaban J connectivity index is 1.39. The number of hydrogen-bond donors (Lipinski definition) is 2. The maximum atomic E-state index is 11.7. The third-order valence-electron chi connectivity index (χ3n) is 5.81. The van der Waals surface area contributed by atoms with Crippen molar-refractivity contribution in [1.82, 2.24) is 5.32 Å². The van der Waals surface area contributed by atoms with Crippen LogP contribution in [0.15, 0.2) is 54.6 Å². The van der Waals surface area contributed by atoms with Gasteiger partial charge in [-0.2, -0.15) is 0 Å². The molecule has 0 radical (unpaired) electrons. The van der Waals surface area contributed by atoms with Gasteiger partial charge in [-0.15, -0.1) is 0 Å². The molecule has 3 rings (SSSR count). The maximum Gasteiger partial charge on any atom is 0.307 e. The second-order valence-corrected chi connectivity index (χ2v) is 8.11. The van der Waals surface area contributed by atoms with Gasteiger partial charge in [0.25, 0.3) is 0 Å². The maximum absolute atomic E-state index is 11.7. The normalized spacial score (nSPS) is 15.7. The molecule has 1 aliphatic rings. The van der Waals surface area contributed by atoms with Crippen LogP contribution in [-0.4, -0.2) is 30.8 Å². The van der Waals surface area contributed by atoms with E-state index >= 15 is 0 Å². The van der Waals surface area contributed by atoms with E-state index in [1.165, 1.54) is 38.8 Å². The van der Waals surface area contributed by atoms with Crippen molar-refractivity contribution in [2.45, 2.75) is 44.9 Å². The Bertz CT molecular complexity index is 723. The molecule has 1 fully saturated rings. The lowest BCUT2D eigenvalue weighted by molar-refractivity contribution is -0.141. The van der Waals surface area contributed by atoms with Crippen LogP contribution in [0.5, 0.6) is 5.75 Å². The minimum atomic E-state index is -0.747.